The third-order valence-electron chi connectivity index (χ3n) is 2.89. The van der Waals surface area contributed by atoms with E-state index in [4.69, 9.17) is 0 Å². The van der Waals surface area contributed by atoms with Crippen molar-refractivity contribution in [3.8, 4) is 17.0 Å². The summed E-state index contributed by atoms with van der Waals surface area (Å²) in [6.07, 6.45) is 1.87. The first kappa shape index (κ1) is 9.90. The average Bonchev–Trinajstić information content (AvgIpc) is 2.77. The summed E-state index contributed by atoms with van der Waals surface area (Å²) in [5.41, 5.74) is 1.56. The lowest BCUT2D eigenvalue weighted by Crippen LogP contribution is -1.88. The first-order valence-corrected chi connectivity index (χ1v) is 5.46. The maximum atomic E-state index is 10.3. The van der Waals surface area contributed by atoms with Crippen LogP contribution in [0.5, 0.6) is 5.75 Å². The summed E-state index contributed by atoms with van der Waals surface area (Å²) < 4.78 is 1.73. The van der Waals surface area contributed by atoms with Crippen molar-refractivity contribution in [3.63, 3.8) is 0 Å². The van der Waals surface area contributed by atoms with E-state index in [9.17, 15) is 5.11 Å². The van der Waals surface area contributed by atoms with E-state index in [1.54, 1.807) is 4.68 Å². The number of fused-ring (bicyclic) bond motifs is 1. The number of hydrogen-bond acceptors (Lipinski definition) is 2. The van der Waals surface area contributed by atoms with Gasteiger partial charge in [-0.2, -0.15) is 5.10 Å². The molecular weight excluding hydrogens is 212 g/mol. The Bertz CT molecular complexity index is 686. The number of hydrogen-bond donors (Lipinski definition) is 1. The minimum Gasteiger partial charge on any atom is -0.507 e. The van der Waals surface area contributed by atoms with Crippen molar-refractivity contribution in [2.45, 2.75) is 0 Å². The average molecular weight is 224 g/mol. The molecule has 3 nitrogen and oxygen atoms in total. The second kappa shape index (κ2) is 3.63. The number of nitrogens with zero attached hydrogens (tertiary/aromatic N) is 2. The van der Waals surface area contributed by atoms with Crippen LogP contribution in [0, 0.1) is 0 Å². The normalized spacial score (nSPS) is 10.9. The molecule has 0 aliphatic heterocycles. The molecule has 0 spiro atoms. The van der Waals surface area contributed by atoms with Crippen molar-refractivity contribution in [1.29, 1.82) is 0 Å². The summed E-state index contributed by atoms with van der Waals surface area (Å²) in [6, 6.07) is 13.6. The van der Waals surface area contributed by atoms with Gasteiger partial charge in [0.2, 0.25) is 0 Å². The third-order valence-corrected chi connectivity index (χ3v) is 2.89. The van der Waals surface area contributed by atoms with Crippen molar-refractivity contribution in [3.05, 3.63) is 48.7 Å². The van der Waals surface area contributed by atoms with Crippen molar-refractivity contribution in [1.82, 2.24) is 9.78 Å². The van der Waals surface area contributed by atoms with Crippen LogP contribution in [0.25, 0.3) is 22.0 Å². The van der Waals surface area contributed by atoms with E-state index in [-0.39, 0.29) is 0 Å². The Labute approximate surface area is 98.9 Å². The Morgan fingerprint density at radius 3 is 2.65 bits per heavy atom. The molecule has 1 aromatic heterocycles. The number of rotatable bonds is 1. The van der Waals surface area contributed by atoms with Crippen LogP contribution < -0.4 is 0 Å². The molecule has 1 heterocycles. The molecule has 84 valence electrons. The molecule has 2 aromatic carbocycles. The minimum absolute atomic E-state index is 0.293. The van der Waals surface area contributed by atoms with Gasteiger partial charge >= 0.3 is 0 Å². The number of aryl methyl sites for hydroxylation is 1. The van der Waals surface area contributed by atoms with Crippen LogP contribution in [-0.2, 0) is 7.05 Å². The smallest absolute Gasteiger partial charge is 0.132 e. The van der Waals surface area contributed by atoms with Crippen LogP contribution >= 0.6 is 0 Å². The lowest BCUT2D eigenvalue weighted by atomic mass is 10.0. The maximum absolute atomic E-state index is 10.3. The highest BCUT2D eigenvalue weighted by atomic mass is 16.3. The van der Waals surface area contributed by atoms with Gasteiger partial charge in [0, 0.05) is 24.2 Å². The monoisotopic (exact) mass is 224 g/mol. The second-order valence-corrected chi connectivity index (χ2v) is 4.06. The van der Waals surface area contributed by atoms with E-state index < -0.39 is 0 Å². The Balaban J connectivity index is 2.28. The highest BCUT2D eigenvalue weighted by Crippen LogP contribution is 2.34. The highest BCUT2D eigenvalue weighted by Gasteiger charge is 2.09. The van der Waals surface area contributed by atoms with Crippen molar-refractivity contribution >= 4 is 10.8 Å². The Morgan fingerprint density at radius 2 is 1.88 bits per heavy atom. The minimum atomic E-state index is 0.293. The van der Waals surface area contributed by atoms with Gasteiger partial charge in [-0.25, -0.2) is 0 Å². The summed E-state index contributed by atoms with van der Waals surface area (Å²) in [5, 5.41) is 16.5. The van der Waals surface area contributed by atoms with E-state index in [0.717, 1.165) is 22.0 Å². The largest absolute Gasteiger partial charge is 0.507 e. The van der Waals surface area contributed by atoms with E-state index in [1.807, 2.05) is 55.7 Å². The lowest BCUT2D eigenvalue weighted by Gasteiger charge is -2.05. The standard InChI is InChI=1S/C14H12N2O/c1-16-9-8-13(15-16)12-7-6-10-4-2-3-5-11(10)14(12)17/h2-9,17H,1H3. The predicted molar refractivity (Wildman–Crippen MR) is 67.8 cm³/mol. The molecule has 17 heavy (non-hydrogen) atoms. The molecule has 3 aromatic rings. The van der Waals surface area contributed by atoms with Crippen molar-refractivity contribution in [2.75, 3.05) is 0 Å². The van der Waals surface area contributed by atoms with Gasteiger partial charge in [-0.3, -0.25) is 4.68 Å². The molecule has 1 N–H and O–H groups in total. The van der Waals surface area contributed by atoms with Crippen LogP contribution in [0.2, 0.25) is 0 Å². The van der Waals surface area contributed by atoms with Crippen LogP contribution in [-0.4, -0.2) is 14.9 Å². The van der Waals surface area contributed by atoms with Crippen LogP contribution in [0.1, 0.15) is 0 Å². The molecule has 0 aliphatic rings. The van der Waals surface area contributed by atoms with Gasteiger partial charge in [0.15, 0.2) is 0 Å². The van der Waals surface area contributed by atoms with Gasteiger partial charge in [-0.05, 0) is 17.5 Å². The molecular formula is C14H12N2O. The fourth-order valence-corrected chi connectivity index (χ4v) is 2.02. The quantitative estimate of drug-likeness (QED) is 0.690. The molecule has 0 aliphatic carbocycles. The van der Waals surface area contributed by atoms with Gasteiger partial charge in [-0.1, -0.05) is 30.3 Å². The Morgan fingerprint density at radius 1 is 1.06 bits per heavy atom. The predicted octanol–water partition coefficient (Wildman–Crippen LogP) is 2.95. The first-order valence-electron chi connectivity index (χ1n) is 5.46. The highest BCUT2D eigenvalue weighted by molar-refractivity contribution is 5.94. The fourth-order valence-electron chi connectivity index (χ4n) is 2.02. The van der Waals surface area contributed by atoms with Gasteiger partial charge < -0.3 is 5.11 Å². The van der Waals surface area contributed by atoms with E-state index in [0.29, 0.717) is 5.75 Å². The van der Waals surface area contributed by atoms with E-state index in [2.05, 4.69) is 5.10 Å². The SMILES string of the molecule is Cn1ccc(-c2ccc3ccccc3c2O)n1. The zero-order valence-corrected chi connectivity index (χ0v) is 9.46. The zero-order valence-electron chi connectivity index (χ0n) is 9.46. The number of aromatic nitrogens is 2. The lowest BCUT2D eigenvalue weighted by molar-refractivity contribution is 0.483. The fraction of sp³-hybridized carbons (Fsp3) is 0.0714. The summed E-state index contributed by atoms with van der Waals surface area (Å²) >= 11 is 0. The van der Waals surface area contributed by atoms with Crippen LogP contribution in [0.15, 0.2) is 48.7 Å². The summed E-state index contributed by atoms with van der Waals surface area (Å²) in [4.78, 5) is 0. The summed E-state index contributed by atoms with van der Waals surface area (Å²) in [6.45, 7) is 0. The molecule has 3 rings (SSSR count). The van der Waals surface area contributed by atoms with Crippen molar-refractivity contribution < 1.29 is 5.11 Å². The van der Waals surface area contributed by atoms with Gasteiger partial charge in [0.25, 0.3) is 0 Å². The third kappa shape index (κ3) is 1.56. The van der Waals surface area contributed by atoms with Crippen molar-refractivity contribution in [2.24, 2.45) is 7.05 Å². The summed E-state index contributed by atoms with van der Waals surface area (Å²) in [7, 11) is 1.86. The Hall–Kier alpha value is -2.29. The molecule has 0 radical (unpaired) electrons. The second-order valence-electron chi connectivity index (χ2n) is 4.06. The topological polar surface area (TPSA) is 38.0 Å². The van der Waals surface area contributed by atoms with E-state index in [1.165, 1.54) is 0 Å². The Kier molecular flexibility index (Phi) is 2.11. The first-order chi connectivity index (χ1) is 8.25. The number of phenolic OH excluding ortho intramolecular Hbond substituents is 1. The number of phenols is 1. The van der Waals surface area contributed by atoms with Gasteiger partial charge in [0.1, 0.15) is 5.75 Å². The number of aromatic hydroxyl groups is 1. The molecule has 0 bridgehead atoms. The molecule has 0 saturated heterocycles. The molecule has 0 unspecified atom stereocenters. The zero-order chi connectivity index (χ0) is 11.8. The summed E-state index contributed by atoms with van der Waals surface area (Å²) in [5.74, 6) is 0.293. The number of benzene rings is 2. The maximum Gasteiger partial charge on any atom is 0.132 e. The molecule has 0 fully saturated rings. The van der Waals surface area contributed by atoms with Gasteiger partial charge in [0.05, 0.1) is 5.69 Å². The molecule has 3 heteroatoms. The molecule has 0 amide bonds. The molecule has 0 saturated carbocycles. The van der Waals surface area contributed by atoms with Crippen LogP contribution in [0.3, 0.4) is 0 Å². The van der Waals surface area contributed by atoms with Crippen LogP contribution in [0.4, 0.5) is 0 Å². The van der Waals surface area contributed by atoms with Gasteiger partial charge in [-0.15, -0.1) is 0 Å². The molecule has 0 atom stereocenters. The van der Waals surface area contributed by atoms with E-state index >= 15 is 0 Å².